The summed E-state index contributed by atoms with van der Waals surface area (Å²) in [6.07, 6.45) is 2.50. The largest absolute Gasteiger partial charge is 0.481 e. The Balaban J connectivity index is 2.12. The number of nitrogens with two attached hydrogens (primary N) is 2. The number of rotatable bonds is 3. The molecule has 1 aromatic heterocycles. The van der Waals surface area contributed by atoms with Crippen LogP contribution in [0.15, 0.2) is 11.2 Å². The summed E-state index contributed by atoms with van der Waals surface area (Å²) in [5.74, 6) is -0.460. The van der Waals surface area contributed by atoms with Crippen LogP contribution < -0.4 is 11.5 Å². The molecule has 17 heavy (non-hydrogen) atoms. The van der Waals surface area contributed by atoms with E-state index in [2.05, 4.69) is 9.97 Å². The maximum Gasteiger partial charge on any atom is 0.307 e. The molecule has 2 unspecified atom stereocenters. The highest BCUT2D eigenvalue weighted by molar-refractivity contribution is 7.99. The highest BCUT2D eigenvalue weighted by Gasteiger charge is 2.34. The zero-order valence-electron chi connectivity index (χ0n) is 9.17. The van der Waals surface area contributed by atoms with E-state index >= 15 is 0 Å². The number of hydrogen-bond acceptors (Lipinski definition) is 6. The Labute approximate surface area is 103 Å². The molecule has 0 saturated heterocycles. The van der Waals surface area contributed by atoms with Gasteiger partial charge in [0.05, 0.1) is 5.92 Å². The lowest BCUT2D eigenvalue weighted by Crippen LogP contribution is -2.20. The van der Waals surface area contributed by atoms with Gasteiger partial charge >= 0.3 is 5.97 Å². The van der Waals surface area contributed by atoms with Crippen molar-refractivity contribution in [2.24, 2.45) is 5.92 Å². The van der Waals surface area contributed by atoms with E-state index in [1.807, 2.05) is 0 Å². The van der Waals surface area contributed by atoms with Crippen LogP contribution in [-0.2, 0) is 4.79 Å². The molecular formula is C10H14N4O2S. The molecule has 0 bridgehead atoms. The van der Waals surface area contributed by atoms with Crippen LogP contribution in [0.5, 0.6) is 0 Å². The van der Waals surface area contributed by atoms with Gasteiger partial charge in [0.15, 0.2) is 5.16 Å². The van der Waals surface area contributed by atoms with Crippen molar-refractivity contribution >= 4 is 29.4 Å². The number of aromatic nitrogens is 2. The van der Waals surface area contributed by atoms with Crippen molar-refractivity contribution in [3.05, 3.63) is 6.07 Å². The summed E-state index contributed by atoms with van der Waals surface area (Å²) in [5.41, 5.74) is 11.1. The molecule has 1 aliphatic carbocycles. The summed E-state index contributed by atoms with van der Waals surface area (Å²) in [6, 6.07) is 1.48. The van der Waals surface area contributed by atoms with E-state index in [-0.39, 0.29) is 11.2 Å². The fourth-order valence-corrected chi connectivity index (χ4v) is 3.29. The van der Waals surface area contributed by atoms with Crippen molar-refractivity contribution < 1.29 is 9.90 Å². The van der Waals surface area contributed by atoms with E-state index in [9.17, 15) is 4.79 Å². The first-order valence-corrected chi connectivity index (χ1v) is 6.23. The second-order valence-electron chi connectivity index (χ2n) is 4.03. The first-order chi connectivity index (χ1) is 8.06. The van der Waals surface area contributed by atoms with Gasteiger partial charge in [-0.3, -0.25) is 4.79 Å². The van der Waals surface area contributed by atoms with Gasteiger partial charge in [-0.1, -0.05) is 18.2 Å². The van der Waals surface area contributed by atoms with Crippen molar-refractivity contribution in [2.45, 2.75) is 29.7 Å². The third-order valence-corrected chi connectivity index (χ3v) is 4.03. The lowest BCUT2D eigenvalue weighted by molar-refractivity contribution is -0.141. The number of nitrogens with zero attached hydrogens (tertiary/aromatic N) is 2. The molecule has 2 atom stereocenters. The Kier molecular flexibility index (Phi) is 3.37. The molecule has 1 aromatic rings. The van der Waals surface area contributed by atoms with Crippen LogP contribution in [0.2, 0.25) is 0 Å². The molecule has 0 aliphatic heterocycles. The van der Waals surface area contributed by atoms with Crippen molar-refractivity contribution in [1.29, 1.82) is 0 Å². The van der Waals surface area contributed by atoms with Crippen molar-refractivity contribution in [3.8, 4) is 0 Å². The van der Waals surface area contributed by atoms with Gasteiger partial charge in [-0.15, -0.1) is 0 Å². The van der Waals surface area contributed by atoms with Crippen molar-refractivity contribution in [1.82, 2.24) is 9.97 Å². The van der Waals surface area contributed by atoms with E-state index in [0.29, 0.717) is 23.2 Å². The van der Waals surface area contributed by atoms with Crippen LogP contribution in [0.1, 0.15) is 19.3 Å². The molecule has 1 heterocycles. The van der Waals surface area contributed by atoms with Crippen LogP contribution in [0.4, 0.5) is 11.6 Å². The van der Waals surface area contributed by atoms with Gasteiger partial charge in [0.25, 0.3) is 0 Å². The molecule has 0 radical (unpaired) electrons. The van der Waals surface area contributed by atoms with Gasteiger partial charge in [0, 0.05) is 11.3 Å². The Morgan fingerprint density at radius 1 is 1.35 bits per heavy atom. The van der Waals surface area contributed by atoms with Crippen LogP contribution in [0, 0.1) is 5.92 Å². The maximum absolute atomic E-state index is 11.0. The van der Waals surface area contributed by atoms with E-state index in [4.69, 9.17) is 16.6 Å². The zero-order chi connectivity index (χ0) is 12.4. The van der Waals surface area contributed by atoms with Gasteiger partial charge in [-0.05, 0) is 12.8 Å². The summed E-state index contributed by atoms with van der Waals surface area (Å²) < 4.78 is 0. The van der Waals surface area contributed by atoms with E-state index < -0.39 is 5.97 Å². The van der Waals surface area contributed by atoms with E-state index in [0.717, 1.165) is 12.8 Å². The summed E-state index contributed by atoms with van der Waals surface area (Å²) in [4.78, 5) is 19.1. The Bertz CT molecular complexity index is 420. The Morgan fingerprint density at radius 2 is 2.00 bits per heavy atom. The van der Waals surface area contributed by atoms with Gasteiger partial charge in [-0.25, -0.2) is 9.97 Å². The smallest absolute Gasteiger partial charge is 0.307 e. The number of anilines is 2. The molecule has 0 amide bonds. The molecule has 1 saturated carbocycles. The topological polar surface area (TPSA) is 115 Å². The highest BCUT2D eigenvalue weighted by Crippen LogP contribution is 2.38. The van der Waals surface area contributed by atoms with E-state index in [1.54, 1.807) is 0 Å². The maximum atomic E-state index is 11.0. The number of carboxylic acids is 1. The average molecular weight is 254 g/mol. The summed E-state index contributed by atoms with van der Waals surface area (Å²) >= 11 is 1.35. The van der Waals surface area contributed by atoms with Crippen LogP contribution >= 0.6 is 11.8 Å². The number of hydrogen-bond donors (Lipinski definition) is 3. The van der Waals surface area contributed by atoms with Gasteiger partial charge in [-0.2, -0.15) is 0 Å². The lowest BCUT2D eigenvalue weighted by Gasteiger charge is -2.14. The molecule has 5 N–H and O–H groups in total. The number of carboxylic acid groups (broad SMARTS) is 1. The monoisotopic (exact) mass is 254 g/mol. The predicted molar refractivity (Wildman–Crippen MR) is 65.5 cm³/mol. The molecular weight excluding hydrogens is 240 g/mol. The minimum absolute atomic E-state index is 0.00806. The molecule has 6 nitrogen and oxygen atoms in total. The van der Waals surface area contributed by atoms with Crippen molar-refractivity contribution in [2.75, 3.05) is 11.5 Å². The molecule has 7 heteroatoms. The van der Waals surface area contributed by atoms with Gasteiger partial charge in [0.2, 0.25) is 0 Å². The second kappa shape index (κ2) is 4.79. The van der Waals surface area contributed by atoms with E-state index in [1.165, 1.54) is 17.8 Å². The molecule has 1 aliphatic rings. The number of nitrogen functional groups attached to an aromatic ring is 2. The first kappa shape index (κ1) is 12.0. The first-order valence-electron chi connectivity index (χ1n) is 5.36. The lowest BCUT2D eigenvalue weighted by atomic mass is 10.1. The highest BCUT2D eigenvalue weighted by atomic mass is 32.2. The normalized spacial score (nSPS) is 23.8. The number of aliphatic carboxylic acids is 1. The standard InChI is InChI=1S/C10H14N4O2S/c11-7-4-8(12)14-10(13-7)17-6-3-1-2-5(6)9(15)16/h4-6H,1-3H2,(H,15,16)(H4,11,12,13,14). The van der Waals surface area contributed by atoms with Crippen LogP contribution in [-0.4, -0.2) is 26.3 Å². The SMILES string of the molecule is Nc1cc(N)nc(SC2CCCC2C(=O)O)n1. The van der Waals surface area contributed by atoms with Gasteiger partial charge < -0.3 is 16.6 Å². The number of carbonyl (C=O) groups is 1. The zero-order valence-corrected chi connectivity index (χ0v) is 9.98. The third-order valence-electron chi connectivity index (χ3n) is 2.77. The van der Waals surface area contributed by atoms with Gasteiger partial charge in [0.1, 0.15) is 11.6 Å². The Hall–Kier alpha value is -1.50. The quantitative estimate of drug-likeness (QED) is 0.689. The van der Waals surface area contributed by atoms with Crippen LogP contribution in [0.3, 0.4) is 0 Å². The minimum Gasteiger partial charge on any atom is -0.481 e. The summed E-state index contributed by atoms with van der Waals surface area (Å²) in [7, 11) is 0. The minimum atomic E-state index is -0.753. The summed E-state index contributed by atoms with van der Waals surface area (Å²) in [5, 5.41) is 9.53. The molecule has 92 valence electrons. The fourth-order valence-electron chi connectivity index (χ4n) is 2.00. The van der Waals surface area contributed by atoms with Crippen LogP contribution in [0.25, 0.3) is 0 Å². The molecule has 0 aromatic carbocycles. The second-order valence-corrected chi connectivity index (χ2v) is 5.24. The third kappa shape index (κ3) is 2.79. The molecule has 0 spiro atoms. The fraction of sp³-hybridized carbons (Fsp3) is 0.500. The predicted octanol–water partition coefficient (Wildman–Crippen LogP) is 0.986. The number of thioether (sulfide) groups is 1. The Morgan fingerprint density at radius 3 is 2.59 bits per heavy atom. The summed E-state index contributed by atoms with van der Waals surface area (Å²) in [6.45, 7) is 0. The molecule has 1 fully saturated rings. The molecule has 2 rings (SSSR count). The average Bonchev–Trinajstić information content (AvgIpc) is 2.63. The van der Waals surface area contributed by atoms with Crippen molar-refractivity contribution in [3.63, 3.8) is 0 Å².